The third-order valence-electron chi connectivity index (χ3n) is 5.89. The summed E-state index contributed by atoms with van der Waals surface area (Å²) >= 11 is 0. The van der Waals surface area contributed by atoms with Crippen molar-refractivity contribution in [3.8, 4) is 11.8 Å². The first-order valence-corrected chi connectivity index (χ1v) is 10.6. The van der Waals surface area contributed by atoms with E-state index in [0.717, 1.165) is 33.4 Å². The molecule has 32 heavy (non-hydrogen) atoms. The molecule has 0 saturated carbocycles. The van der Waals surface area contributed by atoms with Crippen molar-refractivity contribution >= 4 is 28.4 Å². The molecule has 0 unspecified atom stereocenters. The number of fused-ring (bicyclic) bond motifs is 1. The number of rotatable bonds is 4. The minimum absolute atomic E-state index is 0.0681. The van der Waals surface area contributed by atoms with Crippen molar-refractivity contribution in [3.63, 3.8) is 0 Å². The lowest BCUT2D eigenvalue weighted by Gasteiger charge is -2.12. The topological polar surface area (TPSA) is 57.8 Å². The molecule has 1 heterocycles. The molecule has 0 atom stereocenters. The van der Waals surface area contributed by atoms with Gasteiger partial charge in [0.05, 0.1) is 0 Å². The molecule has 4 nitrogen and oxygen atoms in total. The maximum absolute atomic E-state index is 12.8. The Hall–Kier alpha value is -4.10. The fourth-order valence-electron chi connectivity index (χ4n) is 3.97. The van der Waals surface area contributed by atoms with E-state index in [1.807, 2.05) is 62.4 Å². The monoisotopic (exact) mass is 419 g/mol. The first-order chi connectivity index (χ1) is 15.4. The van der Waals surface area contributed by atoms with Crippen LogP contribution in [0.5, 0.6) is 0 Å². The second kappa shape index (κ2) is 8.56. The van der Waals surface area contributed by atoms with Crippen LogP contribution in [0.2, 0.25) is 0 Å². The molecule has 0 aliphatic heterocycles. The number of amides is 1. The first kappa shape index (κ1) is 21.1. The Morgan fingerprint density at radius 1 is 0.906 bits per heavy atom. The molecule has 0 bridgehead atoms. The minimum Gasteiger partial charge on any atom is -0.321 e. The third kappa shape index (κ3) is 4.06. The molecule has 4 rings (SSSR count). The van der Waals surface area contributed by atoms with Gasteiger partial charge in [0.2, 0.25) is 0 Å². The van der Waals surface area contributed by atoms with E-state index < -0.39 is 5.91 Å². The van der Waals surface area contributed by atoms with E-state index in [9.17, 15) is 10.1 Å². The lowest BCUT2D eigenvalue weighted by Crippen LogP contribution is -2.13. The Labute approximate surface area is 188 Å². The van der Waals surface area contributed by atoms with Crippen LogP contribution in [-0.2, 0) is 4.79 Å². The molecule has 0 aliphatic carbocycles. The smallest absolute Gasteiger partial charge is 0.266 e. The molecule has 0 spiro atoms. The fraction of sp³-hybridized carbons (Fsp3) is 0.143. The van der Waals surface area contributed by atoms with E-state index in [2.05, 4.69) is 48.0 Å². The summed E-state index contributed by atoms with van der Waals surface area (Å²) in [5.41, 5.74) is 7.15. The van der Waals surface area contributed by atoms with Gasteiger partial charge in [0.25, 0.3) is 5.91 Å². The Morgan fingerprint density at radius 2 is 1.66 bits per heavy atom. The molecule has 4 aromatic rings. The summed E-state index contributed by atoms with van der Waals surface area (Å²) in [4.78, 5) is 12.8. The SMILES string of the molecule is Cc1ccc(-n2c(C)cc(/C=C(/C#N)C(=O)Nc3ccc4ccccc4c3)c2C)cc1C. The van der Waals surface area contributed by atoms with Crippen molar-refractivity contribution in [2.24, 2.45) is 0 Å². The molecule has 1 amide bonds. The first-order valence-electron chi connectivity index (χ1n) is 10.6. The van der Waals surface area contributed by atoms with Crippen molar-refractivity contribution in [1.29, 1.82) is 5.26 Å². The van der Waals surface area contributed by atoms with Crippen LogP contribution in [0.4, 0.5) is 5.69 Å². The van der Waals surface area contributed by atoms with Gasteiger partial charge in [-0.1, -0.05) is 36.4 Å². The Morgan fingerprint density at radius 3 is 2.38 bits per heavy atom. The zero-order valence-corrected chi connectivity index (χ0v) is 18.7. The van der Waals surface area contributed by atoms with Crippen LogP contribution in [0.25, 0.3) is 22.5 Å². The minimum atomic E-state index is -0.418. The van der Waals surface area contributed by atoms with Gasteiger partial charge in [0, 0.05) is 22.8 Å². The van der Waals surface area contributed by atoms with E-state index in [4.69, 9.17) is 0 Å². The summed E-state index contributed by atoms with van der Waals surface area (Å²) in [6, 6.07) is 24.1. The predicted molar refractivity (Wildman–Crippen MR) is 131 cm³/mol. The summed E-state index contributed by atoms with van der Waals surface area (Å²) in [6.07, 6.45) is 1.66. The van der Waals surface area contributed by atoms with E-state index in [0.29, 0.717) is 5.69 Å². The number of benzene rings is 3. The van der Waals surface area contributed by atoms with Crippen LogP contribution < -0.4 is 5.32 Å². The number of carbonyl (C=O) groups excluding carboxylic acids is 1. The number of hydrogen-bond donors (Lipinski definition) is 1. The van der Waals surface area contributed by atoms with Crippen LogP contribution in [-0.4, -0.2) is 10.5 Å². The van der Waals surface area contributed by atoms with Crippen LogP contribution in [0, 0.1) is 39.0 Å². The number of aryl methyl sites for hydroxylation is 3. The van der Waals surface area contributed by atoms with Gasteiger partial charge in [0.15, 0.2) is 0 Å². The zero-order valence-electron chi connectivity index (χ0n) is 18.7. The summed E-state index contributed by atoms with van der Waals surface area (Å²) in [6.45, 7) is 8.22. The van der Waals surface area contributed by atoms with Gasteiger partial charge in [-0.2, -0.15) is 5.26 Å². The average Bonchev–Trinajstić information content (AvgIpc) is 3.06. The van der Waals surface area contributed by atoms with Crippen LogP contribution >= 0.6 is 0 Å². The Bertz CT molecular complexity index is 1420. The predicted octanol–water partition coefficient (Wildman–Crippen LogP) is 6.41. The molecule has 0 saturated heterocycles. The van der Waals surface area contributed by atoms with Crippen molar-refractivity contribution in [3.05, 3.63) is 100 Å². The highest BCUT2D eigenvalue weighted by Gasteiger charge is 2.14. The molecule has 0 radical (unpaired) electrons. The maximum atomic E-state index is 12.8. The molecule has 0 aliphatic rings. The van der Waals surface area contributed by atoms with Crippen molar-refractivity contribution in [1.82, 2.24) is 4.57 Å². The second-order valence-corrected chi connectivity index (χ2v) is 8.12. The van der Waals surface area contributed by atoms with E-state index in [-0.39, 0.29) is 5.57 Å². The lowest BCUT2D eigenvalue weighted by molar-refractivity contribution is -0.112. The molecule has 158 valence electrons. The standard InChI is InChI=1S/C28H25N3O/c1-18-9-12-27(13-19(18)2)31-20(3)14-24(21(31)4)15-25(17-29)28(32)30-26-11-10-22-7-5-6-8-23(22)16-26/h5-16H,1-4H3,(H,30,32)/b25-15-. The van der Waals surface area contributed by atoms with Crippen molar-refractivity contribution in [2.75, 3.05) is 5.32 Å². The van der Waals surface area contributed by atoms with Gasteiger partial charge in [-0.3, -0.25) is 4.79 Å². The zero-order chi connectivity index (χ0) is 22.8. The van der Waals surface area contributed by atoms with Crippen LogP contribution in [0.3, 0.4) is 0 Å². The second-order valence-electron chi connectivity index (χ2n) is 8.12. The fourth-order valence-corrected chi connectivity index (χ4v) is 3.97. The number of anilines is 1. The number of carbonyl (C=O) groups is 1. The van der Waals surface area contributed by atoms with Gasteiger partial charge in [0.1, 0.15) is 11.6 Å². The number of nitrogens with one attached hydrogen (secondary N) is 1. The number of aromatic nitrogens is 1. The van der Waals surface area contributed by atoms with Gasteiger partial charge in [-0.25, -0.2) is 0 Å². The number of nitrogens with zero attached hydrogens (tertiary/aromatic N) is 2. The highest BCUT2D eigenvalue weighted by atomic mass is 16.1. The molecule has 1 aromatic heterocycles. The van der Waals surface area contributed by atoms with E-state index >= 15 is 0 Å². The largest absolute Gasteiger partial charge is 0.321 e. The normalized spacial score (nSPS) is 11.4. The summed E-state index contributed by atoms with van der Waals surface area (Å²) in [7, 11) is 0. The Balaban J connectivity index is 1.64. The van der Waals surface area contributed by atoms with E-state index in [1.54, 1.807) is 6.08 Å². The molecule has 0 fully saturated rings. The van der Waals surface area contributed by atoms with Crippen molar-refractivity contribution < 1.29 is 4.79 Å². The number of nitriles is 1. The van der Waals surface area contributed by atoms with Gasteiger partial charge in [-0.05, 0) is 91.6 Å². The highest BCUT2D eigenvalue weighted by Crippen LogP contribution is 2.25. The molecule has 4 heteroatoms. The maximum Gasteiger partial charge on any atom is 0.266 e. The van der Waals surface area contributed by atoms with Crippen LogP contribution in [0.15, 0.2) is 72.3 Å². The van der Waals surface area contributed by atoms with Gasteiger partial charge in [-0.15, -0.1) is 0 Å². The van der Waals surface area contributed by atoms with Gasteiger partial charge < -0.3 is 9.88 Å². The average molecular weight is 420 g/mol. The summed E-state index contributed by atoms with van der Waals surface area (Å²) in [5, 5.41) is 14.7. The molecule has 3 aromatic carbocycles. The Kier molecular flexibility index (Phi) is 5.66. The van der Waals surface area contributed by atoms with E-state index in [1.165, 1.54) is 11.1 Å². The third-order valence-corrected chi connectivity index (χ3v) is 5.89. The quantitative estimate of drug-likeness (QED) is 0.307. The molecule has 1 N–H and O–H groups in total. The number of hydrogen-bond acceptors (Lipinski definition) is 2. The van der Waals surface area contributed by atoms with Gasteiger partial charge >= 0.3 is 0 Å². The lowest BCUT2D eigenvalue weighted by atomic mass is 10.1. The molecular weight excluding hydrogens is 394 g/mol. The summed E-state index contributed by atoms with van der Waals surface area (Å²) < 4.78 is 2.15. The summed E-state index contributed by atoms with van der Waals surface area (Å²) in [5.74, 6) is -0.418. The highest BCUT2D eigenvalue weighted by molar-refractivity contribution is 6.10. The van der Waals surface area contributed by atoms with Crippen molar-refractivity contribution in [2.45, 2.75) is 27.7 Å². The molecular formula is C28H25N3O. The van der Waals surface area contributed by atoms with Crippen LogP contribution in [0.1, 0.15) is 28.1 Å².